The zero-order valence-electron chi connectivity index (χ0n) is 14.0. The quantitative estimate of drug-likeness (QED) is 0.814. The van der Waals surface area contributed by atoms with Crippen LogP contribution in [0.1, 0.15) is 22.8 Å². The molecule has 0 aromatic heterocycles. The molecule has 1 atom stereocenters. The van der Waals surface area contributed by atoms with Gasteiger partial charge in [0.15, 0.2) is 6.10 Å². The largest absolute Gasteiger partial charge is 0.495 e. The highest BCUT2D eigenvalue weighted by Crippen LogP contribution is 2.29. The minimum atomic E-state index is -4.58. The van der Waals surface area contributed by atoms with Gasteiger partial charge in [-0.25, -0.2) is 4.79 Å². The first-order valence-corrected chi connectivity index (χ1v) is 7.54. The second-order valence-corrected chi connectivity index (χ2v) is 5.32. The number of para-hydroxylation sites is 2. The first kappa shape index (κ1) is 19.3. The number of anilines is 1. The van der Waals surface area contributed by atoms with Crippen molar-refractivity contribution in [1.82, 2.24) is 0 Å². The summed E-state index contributed by atoms with van der Waals surface area (Å²) < 4.78 is 48.2. The molecule has 26 heavy (non-hydrogen) atoms. The molecule has 1 amide bonds. The van der Waals surface area contributed by atoms with Crippen LogP contribution >= 0.6 is 0 Å². The number of rotatable bonds is 5. The molecule has 5 nitrogen and oxygen atoms in total. The average Bonchev–Trinajstić information content (AvgIpc) is 2.61. The average molecular weight is 367 g/mol. The molecule has 0 aliphatic carbocycles. The number of nitrogens with one attached hydrogen (secondary N) is 1. The molecule has 0 fully saturated rings. The van der Waals surface area contributed by atoms with Gasteiger partial charge in [-0.05, 0) is 37.3 Å². The van der Waals surface area contributed by atoms with E-state index in [9.17, 15) is 22.8 Å². The van der Waals surface area contributed by atoms with Crippen molar-refractivity contribution in [2.24, 2.45) is 0 Å². The Kier molecular flexibility index (Phi) is 5.86. The molecule has 8 heteroatoms. The smallest absolute Gasteiger partial charge is 0.416 e. The fraction of sp³-hybridized carbons (Fsp3) is 0.222. The van der Waals surface area contributed by atoms with Crippen molar-refractivity contribution >= 4 is 17.6 Å². The SMILES string of the molecule is COc1ccccc1NC(=O)C(C)OC(=O)c1cccc(C(F)(F)F)c1. The van der Waals surface area contributed by atoms with Gasteiger partial charge >= 0.3 is 12.1 Å². The summed E-state index contributed by atoms with van der Waals surface area (Å²) in [4.78, 5) is 24.2. The van der Waals surface area contributed by atoms with Crippen molar-refractivity contribution in [1.29, 1.82) is 0 Å². The van der Waals surface area contributed by atoms with Gasteiger partial charge in [-0.1, -0.05) is 18.2 Å². The Morgan fingerprint density at radius 1 is 1.08 bits per heavy atom. The number of ether oxygens (including phenoxy) is 2. The fourth-order valence-corrected chi connectivity index (χ4v) is 2.09. The number of carbonyl (C=O) groups excluding carboxylic acids is 2. The van der Waals surface area contributed by atoms with Crippen LogP contribution < -0.4 is 10.1 Å². The van der Waals surface area contributed by atoms with Crippen molar-refractivity contribution in [3.8, 4) is 5.75 Å². The summed E-state index contributed by atoms with van der Waals surface area (Å²) >= 11 is 0. The van der Waals surface area contributed by atoms with Crippen LogP contribution in [0.4, 0.5) is 18.9 Å². The van der Waals surface area contributed by atoms with Crippen molar-refractivity contribution in [3.63, 3.8) is 0 Å². The number of amides is 1. The predicted molar refractivity (Wildman–Crippen MR) is 87.9 cm³/mol. The molecular formula is C18H16F3NO4. The lowest BCUT2D eigenvalue weighted by Crippen LogP contribution is -2.30. The molecule has 2 aromatic carbocycles. The summed E-state index contributed by atoms with van der Waals surface area (Å²) in [6, 6.07) is 10.4. The number of methoxy groups -OCH3 is 1. The van der Waals surface area contributed by atoms with E-state index in [0.717, 1.165) is 12.1 Å². The summed E-state index contributed by atoms with van der Waals surface area (Å²) in [5.41, 5.74) is -0.892. The van der Waals surface area contributed by atoms with Crippen LogP contribution in [0.3, 0.4) is 0 Å². The van der Waals surface area contributed by atoms with Crippen LogP contribution in [-0.4, -0.2) is 25.1 Å². The number of benzene rings is 2. The number of esters is 1. The van der Waals surface area contributed by atoms with E-state index in [2.05, 4.69) is 5.32 Å². The molecule has 1 unspecified atom stereocenters. The summed E-state index contributed by atoms with van der Waals surface area (Å²) in [5, 5.41) is 2.53. The highest BCUT2D eigenvalue weighted by atomic mass is 19.4. The molecule has 0 bridgehead atoms. The third-order valence-electron chi connectivity index (χ3n) is 3.44. The number of hydrogen-bond acceptors (Lipinski definition) is 4. The van der Waals surface area contributed by atoms with E-state index in [1.54, 1.807) is 24.3 Å². The Balaban J connectivity index is 2.06. The summed E-state index contributed by atoms with van der Waals surface area (Å²) in [7, 11) is 1.43. The monoisotopic (exact) mass is 367 g/mol. The number of carbonyl (C=O) groups is 2. The molecule has 0 saturated carbocycles. The molecule has 0 radical (unpaired) electrons. The molecule has 1 N–H and O–H groups in total. The summed E-state index contributed by atoms with van der Waals surface area (Å²) in [6.45, 7) is 1.32. The van der Waals surface area contributed by atoms with E-state index in [1.165, 1.54) is 20.1 Å². The van der Waals surface area contributed by atoms with Crippen molar-refractivity contribution < 1.29 is 32.2 Å². The topological polar surface area (TPSA) is 64.6 Å². The maximum atomic E-state index is 12.7. The zero-order chi connectivity index (χ0) is 19.3. The Morgan fingerprint density at radius 2 is 1.77 bits per heavy atom. The van der Waals surface area contributed by atoms with E-state index in [0.29, 0.717) is 17.5 Å². The van der Waals surface area contributed by atoms with Crippen LogP contribution in [0.15, 0.2) is 48.5 Å². The van der Waals surface area contributed by atoms with Gasteiger partial charge in [0.2, 0.25) is 0 Å². The fourth-order valence-electron chi connectivity index (χ4n) is 2.09. The van der Waals surface area contributed by atoms with Crippen LogP contribution in [0, 0.1) is 0 Å². The molecule has 0 heterocycles. The molecule has 2 rings (SSSR count). The molecule has 2 aromatic rings. The standard InChI is InChI=1S/C18H16F3NO4/c1-11(16(23)22-14-8-3-4-9-15(14)25-2)26-17(24)12-6-5-7-13(10-12)18(19,20)21/h3-11H,1-2H3,(H,22,23). The molecule has 0 spiro atoms. The van der Waals surface area contributed by atoms with Crippen molar-refractivity contribution in [3.05, 3.63) is 59.7 Å². The number of alkyl halides is 3. The van der Waals surface area contributed by atoms with E-state index in [-0.39, 0.29) is 5.56 Å². The Bertz CT molecular complexity index is 805. The molecule has 0 aliphatic rings. The van der Waals surface area contributed by atoms with Crippen molar-refractivity contribution in [2.45, 2.75) is 19.2 Å². The third-order valence-corrected chi connectivity index (χ3v) is 3.44. The van der Waals surface area contributed by atoms with Gasteiger partial charge in [0.05, 0.1) is 23.9 Å². The number of hydrogen-bond donors (Lipinski definition) is 1. The minimum absolute atomic E-state index is 0.295. The van der Waals surface area contributed by atoms with Gasteiger partial charge in [-0.15, -0.1) is 0 Å². The number of halogens is 3. The molecular weight excluding hydrogens is 351 g/mol. The summed E-state index contributed by atoms with van der Waals surface area (Å²) in [5.74, 6) is -1.26. The maximum absolute atomic E-state index is 12.7. The van der Waals surface area contributed by atoms with E-state index < -0.39 is 29.7 Å². The van der Waals surface area contributed by atoms with Crippen LogP contribution in [-0.2, 0) is 15.7 Å². The van der Waals surface area contributed by atoms with Crippen LogP contribution in [0.5, 0.6) is 5.75 Å². The highest BCUT2D eigenvalue weighted by molar-refractivity contribution is 5.98. The van der Waals surface area contributed by atoms with Gasteiger partial charge in [0, 0.05) is 0 Å². The lowest BCUT2D eigenvalue weighted by molar-refractivity contribution is -0.137. The second-order valence-electron chi connectivity index (χ2n) is 5.32. The van der Waals surface area contributed by atoms with Gasteiger partial charge < -0.3 is 14.8 Å². The first-order valence-electron chi connectivity index (χ1n) is 7.54. The highest BCUT2D eigenvalue weighted by Gasteiger charge is 2.31. The Labute approximate surface area is 147 Å². The van der Waals surface area contributed by atoms with Gasteiger partial charge in [-0.3, -0.25) is 4.79 Å². The lowest BCUT2D eigenvalue weighted by atomic mass is 10.1. The van der Waals surface area contributed by atoms with E-state index in [4.69, 9.17) is 9.47 Å². The van der Waals surface area contributed by atoms with Crippen molar-refractivity contribution in [2.75, 3.05) is 12.4 Å². The minimum Gasteiger partial charge on any atom is -0.495 e. The van der Waals surface area contributed by atoms with E-state index >= 15 is 0 Å². The summed E-state index contributed by atoms with van der Waals surface area (Å²) in [6.07, 6.45) is -5.80. The Hall–Kier alpha value is -3.03. The van der Waals surface area contributed by atoms with E-state index in [1.807, 2.05) is 0 Å². The lowest BCUT2D eigenvalue weighted by Gasteiger charge is -2.15. The van der Waals surface area contributed by atoms with Gasteiger partial charge in [0.25, 0.3) is 5.91 Å². The first-order chi connectivity index (χ1) is 12.2. The van der Waals surface area contributed by atoms with Crippen LogP contribution in [0.2, 0.25) is 0 Å². The third kappa shape index (κ3) is 4.75. The molecule has 138 valence electrons. The predicted octanol–water partition coefficient (Wildman–Crippen LogP) is 3.90. The van der Waals surface area contributed by atoms with Crippen LogP contribution in [0.25, 0.3) is 0 Å². The molecule has 0 saturated heterocycles. The molecule has 0 aliphatic heterocycles. The Morgan fingerprint density at radius 3 is 2.42 bits per heavy atom. The zero-order valence-corrected chi connectivity index (χ0v) is 14.0. The maximum Gasteiger partial charge on any atom is 0.416 e. The second kappa shape index (κ2) is 7.90. The van der Waals surface area contributed by atoms with Gasteiger partial charge in [-0.2, -0.15) is 13.2 Å². The van der Waals surface area contributed by atoms with Gasteiger partial charge in [0.1, 0.15) is 5.75 Å². The normalized spacial score (nSPS) is 12.2.